The van der Waals surface area contributed by atoms with E-state index in [0.717, 1.165) is 6.04 Å². The second-order valence-corrected chi connectivity index (χ2v) is 4.10. The van der Waals surface area contributed by atoms with E-state index in [1.807, 2.05) is 0 Å². The van der Waals surface area contributed by atoms with Gasteiger partial charge in [0.15, 0.2) is 0 Å². The molecule has 1 atom stereocenters. The number of likely N-dealkylation sites (tertiary alicyclic amines) is 1. The van der Waals surface area contributed by atoms with Crippen molar-refractivity contribution in [3.63, 3.8) is 0 Å². The Bertz CT molecular complexity index is 134. The maximum atomic E-state index is 2.54. The molecule has 1 rings (SSSR count). The van der Waals surface area contributed by atoms with Crippen LogP contribution in [-0.2, 0) is 0 Å². The molecule has 1 heterocycles. The Morgan fingerprint density at radius 1 is 1.50 bits per heavy atom. The molecule has 2 nitrogen and oxygen atoms in total. The van der Waals surface area contributed by atoms with Gasteiger partial charge >= 0.3 is 0 Å². The average Bonchev–Trinajstić information content (AvgIpc) is 2.02. The molecule has 2 heteroatoms. The van der Waals surface area contributed by atoms with Crippen LogP contribution in [0.1, 0.15) is 27.2 Å². The lowest BCUT2D eigenvalue weighted by molar-refractivity contribution is 0.0726. The number of nitrogens with zero attached hydrogens (tertiary/aromatic N) is 2. The molecule has 0 N–H and O–H groups in total. The molecule has 0 saturated carbocycles. The standard InChI is InChI=1S/C10H22N2/c1-5-12(9(2)3)8-10-6-7-11(10)4/h9-10H,5-8H2,1-4H3. The molecule has 1 fully saturated rings. The highest BCUT2D eigenvalue weighted by Crippen LogP contribution is 2.16. The minimum Gasteiger partial charge on any atom is -0.302 e. The van der Waals surface area contributed by atoms with Gasteiger partial charge in [0.05, 0.1) is 0 Å². The molecule has 0 aromatic rings. The first kappa shape index (κ1) is 10.0. The van der Waals surface area contributed by atoms with Crippen LogP contribution in [0.2, 0.25) is 0 Å². The van der Waals surface area contributed by atoms with E-state index in [0.29, 0.717) is 6.04 Å². The van der Waals surface area contributed by atoms with Gasteiger partial charge in [0.1, 0.15) is 0 Å². The van der Waals surface area contributed by atoms with Crippen molar-refractivity contribution < 1.29 is 0 Å². The van der Waals surface area contributed by atoms with Crippen molar-refractivity contribution in [3.05, 3.63) is 0 Å². The summed E-state index contributed by atoms with van der Waals surface area (Å²) in [5.41, 5.74) is 0. The minimum atomic E-state index is 0.698. The molecule has 0 amide bonds. The fraction of sp³-hybridized carbons (Fsp3) is 1.00. The van der Waals surface area contributed by atoms with Crippen molar-refractivity contribution in [2.45, 2.75) is 39.3 Å². The van der Waals surface area contributed by atoms with Crippen LogP contribution in [0.5, 0.6) is 0 Å². The van der Waals surface area contributed by atoms with E-state index in [1.165, 1.54) is 26.1 Å². The Morgan fingerprint density at radius 3 is 2.42 bits per heavy atom. The van der Waals surface area contributed by atoms with E-state index in [2.05, 4.69) is 37.6 Å². The van der Waals surface area contributed by atoms with Crippen LogP contribution in [0.15, 0.2) is 0 Å². The van der Waals surface area contributed by atoms with Gasteiger partial charge in [0, 0.05) is 18.6 Å². The third kappa shape index (κ3) is 2.20. The van der Waals surface area contributed by atoms with Crippen LogP contribution in [0, 0.1) is 0 Å². The normalized spacial score (nSPS) is 25.0. The molecule has 0 spiro atoms. The molecular weight excluding hydrogens is 148 g/mol. The summed E-state index contributed by atoms with van der Waals surface area (Å²) in [6.45, 7) is 10.5. The fourth-order valence-corrected chi connectivity index (χ4v) is 1.78. The first-order chi connectivity index (χ1) is 5.65. The lowest BCUT2D eigenvalue weighted by atomic mass is 10.0. The molecular formula is C10H22N2. The Hall–Kier alpha value is -0.0800. The van der Waals surface area contributed by atoms with Crippen LogP contribution in [-0.4, -0.2) is 48.6 Å². The van der Waals surface area contributed by atoms with Crippen molar-refractivity contribution in [1.29, 1.82) is 0 Å². The van der Waals surface area contributed by atoms with Gasteiger partial charge < -0.3 is 4.90 Å². The quantitative estimate of drug-likeness (QED) is 0.629. The van der Waals surface area contributed by atoms with Crippen molar-refractivity contribution in [2.24, 2.45) is 0 Å². The smallest absolute Gasteiger partial charge is 0.0232 e. The summed E-state index contributed by atoms with van der Waals surface area (Å²) in [7, 11) is 2.22. The first-order valence-electron chi connectivity index (χ1n) is 5.09. The maximum Gasteiger partial charge on any atom is 0.0232 e. The van der Waals surface area contributed by atoms with Gasteiger partial charge in [-0.15, -0.1) is 0 Å². The third-order valence-corrected chi connectivity index (χ3v) is 3.02. The third-order valence-electron chi connectivity index (χ3n) is 3.02. The average molecular weight is 170 g/mol. The summed E-state index contributed by atoms with van der Waals surface area (Å²) in [4.78, 5) is 4.99. The molecule has 0 bridgehead atoms. The predicted octanol–water partition coefficient (Wildman–Crippen LogP) is 1.42. The molecule has 1 aliphatic heterocycles. The Morgan fingerprint density at radius 2 is 2.17 bits per heavy atom. The second kappa shape index (κ2) is 4.24. The highest BCUT2D eigenvalue weighted by Gasteiger charge is 2.26. The van der Waals surface area contributed by atoms with Crippen molar-refractivity contribution >= 4 is 0 Å². The van der Waals surface area contributed by atoms with Crippen LogP contribution < -0.4 is 0 Å². The molecule has 1 saturated heterocycles. The number of likely N-dealkylation sites (N-methyl/N-ethyl adjacent to an activating group) is 2. The first-order valence-corrected chi connectivity index (χ1v) is 5.09. The second-order valence-electron chi connectivity index (χ2n) is 4.10. The van der Waals surface area contributed by atoms with Crippen LogP contribution in [0.3, 0.4) is 0 Å². The number of hydrogen-bond donors (Lipinski definition) is 0. The topological polar surface area (TPSA) is 6.48 Å². The number of rotatable bonds is 4. The summed E-state index contributed by atoms with van der Waals surface area (Å²) in [6, 6.07) is 1.52. The molecule has 12 heavy (non-hydrogen) atoms. The fourth-order valence-electron chi connectivity index (χ4n) is 1.78. The zero-order valence-electron chi connectivity index (χ0n) is 8.88. The van der Waals surface area contributed by atoms with Gasteiger partial charge in [0.25, 0.3) is 0 Å². The molecule has 1 unspecified atom stereocenters. The van der Waals surface area contributed by atoms with Gasteiger partial charge in [-0.2, -0.15) is 0 Å². The van der Waals surface area contributed by atoms with Crippen LogP contribution in [0.25, 0.3) is 0 Å². The van der Waals surface area contributed by atoms with E-state index in [9.17, 15) is 0 Å². The maximum absolute atomic E-state index is 2.54. The van der Waals surface area contributed by atoms with Crippen molar-refractivity contribution in [2.75, 3.05) is 26.7 Å². The van der Waals surface area contributed by atoms with Crippen LogP contribution in [0.4, 0.5) is 0 Å². The summed E-state index contributed by atoms with van der Waals surface area (Å²) < 4.78 is 0. The Kier molecular flexibility index (Phi) is 3.53. The highest BCUT2D eigenvalue weighted by atomic mass is 15.2. The molecule has 0 aromatic carbocycles. The van der Waals surface area contributed by atoms with E-state index in [-0.39, 0.29) is 0 Å². The largest absolute Gasteiger partial charge is 0.302 e. The predicted molar refractivity (Wildman–Crippen MR) is 53.4 cm³/mol. The molecule has 0 aromatic heterocycles. The Labute approximate surface area is 76.5 Å². The lowest BCUT2D eigenvalue weighted by Crippen LogP contribution is -2.52. The summed E-state index contributed by atoms with van der Waals surface area (Å²) in [5, 5.41) is 0. The SMILES string of the molecule is CCN(CC1CCN1C)C(C)C. The molecule has 0 radical (unpaired) electrons. The zero-order chi connectivity index (χ0) is 9.14. The van der Waals surface area contributed by atoms with Crippen LogP contribution >= 0.6 is 0 Å². The van der Waals surface area contributed by atoms with E-state index >= 15 is 0 Å². The highest BCUT2D eigenvalue weighted by molar-refractivity contribution is 4.83. The summed E-state index contributed by atoms with van der Waals surface area (Å²) in [6.07, 6.45) is 1.39. The van der Waals surface area contributed by atoms with Gasteiger partial charge in [-0.25, -0.2) is 0 Å². The van der Waals surface area contributed by atoms with Gasteiger partial charge in [-0.3, -0.25) is 4.90 Å². The zero-order valence-corrected chi connectivity index (χ0v) is 8.88. The minimum absolute atomic E-state index is 0.698. The van der Waals surface area contributed by atoms with Crippen molar-refractivity contribution in [1.82, 2.24) is 9.80 Å². The van der Waals surface area contributed by atoms with Gasteiger partial charge in [0.2, 0.25) is 0 Å². The monoisotopic (exact) mass is 170 g/mol. The number of hydrogen-bond acceptors (Lipinski definition) is 2. The Balaban J connectivity index is 2.27. The van der Waals surface area contributed by atoms with Crippen molar-refractivity contribution in [3.8, 4) is 0 Å². The molecule has 0 aliphatic carbocycles. The summed E-state index contributed by atoms with van der Waals surface area (Å²) in [5.74, 6) is 0. The van der Waals surface area contributed by atoms with Gasteiger partial charge in [-0.1, -0.05) is 6.92 Å². The summed E-state index contributed by atoms with van der Waals surface area (Å²) >= 11 is 0. The van der Waals surface area contributed by atoms with E-state index < -0.39 is 0 Å². The van der Waals surface area contributed by atoms with Gasteiger partial charge in [-0.05, 0) is 40.4 Å². The molecule has 72 valence electrons. The molecule has 1 aliphatic rings. The van der Waals surface area contributed by atoms with E-state index in [1.54, 1.807) is 0 Å². The van der Waals surface area contributed by atoms with E-state index in [4.69, 9.17) is 0 Å². The lowest BCUT2D eigenvalue weighted by Gasteiger charge is -2.41.